The Bertz CT molecular complexity index is 933. The Kier molecular flexibility index (Phi) is 6.54. The number of amides is 2. The van der Waals surface area contributed by atoms with Crippen molar-refractivity contribution in [1.29, 1.82) is 0 Å². The summed E-state index contributed by atoms with van der Waals surface area (Å²) >= 11 is 13.5. The van der Waals surface area contributed by atoms with Gasteiger partial charge in [-0.15, -0.1) is 0 Å². The lowest BCUT2D eigenvalue weighted by Crippen LogP contribution is -2.50. The minimum absolute atomic E-state index is 0.155. The Balaban J connectivity index is 1.73. The van der Waals surface area contributed by atoms with Gasteiger partial charge in [0.2, 0.25) is 5.91 Å². The number of nitrogens with one attached hydrogen (secondary N) is 2. The lowest BCUT2D eigenvalue weighted by Gasteiger charge is -2.35. The molecule has 1 aromatic carbocycles. The molecular weight excluding hydrogens is 423 g/mol. The Labute approximate surface area is 177 Å². The molecule has 1 aliphatic rings. The summed E-state index contributed by atoms with van der Waals surface area (Å²) in [5, 5.41) is 4.50. The van der Waals surface area contributed by atoms with Crippen LogP contribution in [0.1, 0.15) is 23.8 Å². The second kappa shape index (κ2) is 8.73. The number of hydrogen-bond donors (Lipinski definition) is 2. The van der Waals surface area contributed by atoms with Crippen LogP contribution >= 0.6 is 35.3 Å². The van der Waals surface area contributed by atoms with Crippen LogP contribution in [0, 0.1) is 5.92 Å². The lowest BCUT2D eigenvalue weighted by molar-refractivity contribution is -0.117. The van der Waals surface area contributed by atoms with E-state index in [1.807, 2.05) is 10.4 Å². The number of piperidine rings is 1. The average Bonchev–Trinajstić information content (AvgIpc) is 3.01. The van der Waals surface area contributed by atoms with Crippen LogP contribution in [0.3, 0.4) is 0 Å². The maximum Gasteiger partial charge on any atom is 0.268 e. The number of aldehydes is 1. The molecule has 150 valence electrons. The molecule has 1 aromatic heterocycles. The normalized spacial score (nSPS) is 20.1. The van der Waals surface area contributed by atoms with E-state index in [2.05, 4.69) is 10.0 Å². The van der Waals surface area contributed by atoms with E-state index >= 15 is 0 Å². The Morgan fingerprint density at radius 3 is 2.75 bits per heavy atom. The molecule has 3 rings (SSSR count). The van der Waals surface area contributed by atoms with Gasteiger partial charge in [-0.1, -0.05) is 23.2 Å². The van der Waals surface area contributed by atoms with Crippen molar-refractivity contribution in [2.75, 3.05) is 13.1 Å². The number of rotatable bonds is 5. The van der Waals surface area contributed by atoms with Crippen molar-refractivity contribution in [3.63, 3.8) is 0 Å². The van der Waals surface area contributed by atoms with Gasteiger partial charge in [0.15, 0.2) is 0 Å². The van der Waals surface area contributed by atoms with E-state index < -0.39 is 0 Å². The Morgan fingerprint density at radius 2 is 2.07 bits per heavy atom. The van der Waals surface area contributed by atoms with Gasteiger partial charge in [-0.2, -0.15) is 0 Å². The van der Waals surface area contributed by atoms with E-state index in [1.165, 1.54) is 19.1 Å². The van der Waals surface area contributed by atoms with E-state index in [4.69, 9.17) is 23.2 Å². The van der Waals surface area contributed by atoms with E-state index in [-0.39, 0.29) is 23.8 Å². The maximum atomic E-state index is 12.9. The van der Waals surface area contributed by atoms with Gasteiger partial charge in [0, 0.05) is 62.1 Å². The highest BCUT2D eigenvalue weighted by Crippen LogP contribution is 2.32. The Hall–Kier alpha value is -1.74. The zero-order chi connectivity index (χ0) is 20.4. The van der Waals surface area contributed by atoms with Crippen molar-refractivity contribution < 1.29 is 14.4 Å². The predicted octanol–water partition coefficient (Wildman–Crippen LogP) is 2.80. The summed E-state index contributed by atoms with van der Waals surface area (Å²) in [6.07, 6.45) is 1.45. The van der Waals surface area contributed by atoms with Crippen LogP contribution in [0.25, 0.3) is 10.9 Å². The molecule has 1 aliphatic heterocycles. The summed E-state index contributed by atoms with van der Waals surface area (Å²) in [7, 11) is 1.78. The summed E-state index contributed by atoms with van der Waals surface area (Å²) < 4.78 is 6.31. The molecular formula is C18H20Cl2N4O3S. The van der Waals surface area contributed by atoms with Crippen LogP contribution < -0.4 is 10.0 Å². The molecule has 2 aromatic rings. The van der Waals surface area contributed by atoms with Crippen LogP contribution in [-0.2, 0) is 16.6 Å². The standard InChI is InChI=1S/C18H20Cl2N4O3S/c1-10(26)22-28-24-6-5-14(11(8-24)9-25)21-18(27)16-7-12-15(23(16)2)4-3-13(19)17(12)20/h3-4,7,9,11,14H,5-6,8H2,1-2H3,(H,21,27)(H,22,26). The van der Waals surface area contributed by atoms with E-state index in [1.54, 1.807) is 23.7 Å². The monoisotopic (exact) mass is 442 g/mol. The van der Waals surface area contributed by atoms with Gasteiger partial charge in [0.05, 0.1) is 10.0 Å². The largest absolute Gasteiger partial charge is 0.347 e. The van der Waals surface area contributed by atoms with Gasteiger partial charge in [0.25, 0.3) is 5.91 Å². The van der Waals surface area contributed by atoms with Crippen LogP contribution in [-0.4, -0.2) is 46.1 Å². The van der Waals surface area contributed by atoms with Crippen molar-refractivity contribution in [2.45, 2.75) is 19.4 Å². The summed E-state index contributed by atoms with van der Waals surface area (Å²) in [6.45, 7) is 2.51. The molecule has 2 amide bonds. The number of fused-ring (bicyclic) bond motifs is 1. The van der Waals surface area contributed by atoms with Gasteiger partial charge < -0.3 is 14.7 Å². The van der Waals surface area contributed by atoms with Crippen LogP contribution in [0.15, 0.2) is 18.2 Å². The number of carbonyl (C=O) groups excluding carboxylic acids is 3. The van der Waals surface area contributed by atoms with Gasteiger partial charge in [-0.3, -0.25) is 14.3 Å². The number of benzene rings is 1. The third kappa shape index (κ3) is 4.30. The molecule has 28 heavy (non-hydrogen) atoms. The number of carbonyl (C=O) groups is 3. The SMILES string of the molecule is CC(=O)NSN1CCC(NC(=O)c2cc3c(Cl)c(Cl)ccc3n2C)C(C=O)C1. The zero-order valence-corrected chi connectivity index (χ0v) is 17.7. The van der Waals surface area contributed by atoms with Crippen LogP contribution in [0.4, 0.5) is 0 Å². The van der Waals surface area contributed by atoms with Gasteiger partial charge in [-0.05, 0) is 24.6 Å². The lowest BCUT2D eigenvalue weighted by atomic mass is 9.94. The van der Waals surface area contributed by atoms with Gasteiger partial charge >= 0.3 is 0 Å². The predicted molar refractivity (Wildman–Crippen MR) is 111 cm³/mol. The third-order valence-electron chi connectivity index (χ3n) is 4.78. The van der Waals surface area contributed by atoms with Crippen molar-refractivity contribution in [1.82, 2.24) is 18.9 Å². The molecule has 2 N–H and O–H groups in total. The average molecular weight is 443 g/mol. The highest BCUT2D eigenvalue weighted by atomic mass is 35.5. The molecule has 7 nitrogen and oxygen atoms in total. The minimum Gasteiger partial charge on any atom is -0.347 e. The van der Waals surface area contributed by atoms with Crippen LogP contribution in [0.2, 0.25) is 10.0 Å². The Morgan fingerprint density at radius 1 is 1.32 bits per heavy atom. The number of aromatic nitrogens is 1. The minimum atomic E-state index is -0.369. The van der Waals surface area contributed by atoms with E-state index in [0.717, 1.165) is 11.8 Å². The fourth-order valence-corrected chi connectivity index (χ4v) is 4.37. The summed E-state index contributed by atoms with van der Waals surface area (Å²) in [5.74, 6) is -0.796. The van der Waals surface area contributed by atoms with Crippen molar-refractivity contribution in [2.24, 2.45) is 13.0 Å². The quantitative estimate of drug-likeness (QED) is 0.549. The zero-order valence-electron chi connectivity index (χ0n) is 15.4. The maximum absolute atomic E-state index is 12.9. The molecule has 2 atom stereocenters. The highest BCUT2D eigenvalue weighted by molar-refractivity contribution is 7.95. The summed E-state index contributed by atoms with van der Waals surface area (Å²) in [6, 6.07) is 4.93. The molecule has 2 heterocycles. The number of halogens is 2. The molecule has 10 heteroatoms. The van der Waals surface area contributed by atoms with E-state index in [9.17, 15) is 14.4 Å². The molecule has 0 radical (unpaired) electrons. The third-order valence-corrected chi connectivity index (χ3v) is 6.56. The second-order valence-electron chi connectivity index (χ2n) is 6.69. The van der Waals surface area contributed by atoms with Crippen molar-refractivity contribution in [3.05, 3.63) is 33.9 Å². The molecule has 0 aliphatic carbocycles. The molecule has 1 fully saturated rings. The molecule has 0 saturated carbocycles. The number of nitrogens with zero attached hydrogens (tertiary/aromatic N) is 2. The fraction of sp³-hybridized carbons (Fsp3) is 0.389. The van der Waals surface area contributed by atoms with Gasteiger partial charge in [0.1, 0.15) is 12.0 Å². The summed E-state index contributed by atoms with van der Waals surface area (Å²) in [4.78, 5) is 35.5. The van der Waals surface area contributed by atoms with Crippen molar-refractivity contribution >= 4 is 64.3 Å². The molecule has 0 spiro atoms. The molecule has 0 bridgehead atoms. The topological polar surface area (TPSA) is 83.4 Å². The summed E-state index contributed by atoms with van der Waals surface area (Å²) in [5.41, 5.74) is 1.24. The fourth-order valence-electron chi connectivity index (χ4n) is 3.29. The van der Waals surface area contributed by atoms with Crippen LogP contribution in [0.5, 0.6) is 0 Å². The first-order valence-electron chi connectivity index (χ1n) is 8.70. The number of aryl methyl sites for hydroxylation is 1. The van der Waals surface area contributed by atoms with Gasteiger partial charge in [-0.25, -0.2) is 4.31 Å². The number of hydrogen-bond acceptors (Lipinski definition) is 5. The first-order chi connectivity index (χ1) is 13.3. The van der Waals surface area contributed by atoms with E-state index in [0.29, 0.717) is 40.6 Å². The van der Waals surface area contributed by atoms with Crippen molar-refractivity contribution in [3.8, 4) is 0 Å². The molecule has 2 unspecified atom stereocenters. The highest BCUT2D eigenvalue weighted by Gasteiger charge is 2.31. The molecule has 1 saturated heterocycles. The first-order valence-corrected chi connectivity index (χ1v) is 10.2. The smallest absolute Gasteiger partial charge is 0.268 e. The first kappa shape index (κ1) is 21.0. The second-order valence-corrected chi connectivity index (χ2v) is 8.38.